The fourth-order valence-electron chi connectivity index (χ4n) is 1.36. The molecular weight excluding hydrogens is 220 g/mol. The van der Waals surface area contributed by atoms with Crippen LogP contribution in [0.1, 0.15) is 13.8 Å². The highest BCUT2D eigenvalue weighted by Crippen LogP contribution is 2.17. The van der Waals surface area contributed by atoms with Crippen LogP contribution in [0.15, 0.2) is 0 Å². The van der Waals surface area contributed by atoms with E-state index in [1.807, 2.05) is 0 Å². The van der Waals surface area contributed by atoms with Crippen LogP contribution in [0.3, 0.4) is 0 Å². The maximum Gasteiger partial charge on any atom is 0.187 e. The summed E-state index contributed by atoms with van der Waals surface area (Å²) in [4.78, 5) is 0. The van der Waals surface area contributed by atoms with Gasteiger partial charge in [-0.2, -0.15) is 0 Å². The monoisotopic (exact) mass is 238 g/mol. The van der Waals surface area contributed by atoms with Gasteiger partial charge in [0.15, 0.2) is 8.32 Å². The van der Waals surface area contributed by atoms with Crippen LogP contribution in [0.25, 0.3) is 0 Å². The molecule has 0 aliphatic heterocycles. The normalized spacial score (nSPS) is 12.5. The summed E-state index contributed by atoms with van der Waals surface area (Å²) in [5.74, 6) is 0.770. The van der Waals surface area contributed by atoms with Gasteiger partial charge in [0.2, 0.25) is 0 Å². The van der Waals surface area contributed by atoms with E-state index in [9.17, 15) is 0 Å². The van der Waals surface area contributed by atoms with E-state index in [2.05, 4.69) is 42.9 Å². The lowest BCUT2D eigenvalue weighted by Gasteiger charge is -2.24. The molecule has 0 bridgehead atoms. The number of alkyl halides is 1. The quantitative estimate of drug-likeness (QED) is 0.528. The zero-order valence-electron chi connectivity index (χ0n) is 7.98. The van der Waals surface area contributed by atoms with Crippen LogP contribution in [-0.2, 0) is 4.43 Å². The largest absolute Gasteiger partial charge is 0.416 e. The van der Waals surface area contributed by atoms with Gasteiger partial charge in [0.1, 0.15) is 0 Å². The van der Waals surface area contributed by atoms with E-state index in [1.54, 1.807) is 0 Å². The molecule has 0 aliphatic rings. The lowest BCUT2D eigenvalue weighted by atomic mass is 10.3. The van der Waals surface area contributed by atoms with E-state index in [1.165, 1.54) is 6.04 Å². The standard InChI is InChI=1S/C8H19BrOSi/c1-8(2)7-11(3,4)10-6-5-9/h8H,5-7H2,1-4H3. The average molecular weight is 239 g/mol. The molecule has 0 aromatic heterocycles. The summed E-state index contributed by atoms with van der Waals surface area (Å²) >= 11 is 3.37. The minimum Gasteiger partial charge on any atom is -0.416 e. The summed E-state index contributed by atoms with van der Waals surface area (Å²) in [6.45, 7) is 9.95. The first-order valence-electron chi connectivity index (χ1n) is 4.18. The maximum absolute atomic E-state index is 5.78. The molecule has 0 saturated heterocycles. The van der Waals surface area contributed by atoms with Crippen molar-refractivity contribution in [2.24, 2.45) is 5.92 Å². The second-order valence-corrected chi connectivity index (χ2v) is 8.90. The fourth-order valence-corrected chi connectivity index (χ4v) is 4.56. The summed E-state index contributed by atoms with van der Waals surface area (Å²) in [6.07, 6.45) is 0. The molecule has 0 aromatic carbocycles. The predicted molar refractivity (Wildman–Crippen MR) is 56.9 cm³/mol. The smallest absolute Gasteiger partial charge is 0.187 e. The van der Waals surface area contributed by atoms with E-state index >= 15 is 0 Å². The lowest BCUT2D eigenvalue weighted by molar-refractivity contribution is 0.329. The number of halogens is 1. The number of hydrogen-bond donors (Lipinski definition) is 0. The second-order valence-electron chi connectivity index (χ2n) is 3.90. The Balaban J connectivity index is 3.61. The predicted octanol–water partition coefficient (Wildman–Crippen LogP) is 3.26. The van der Waals surface area contributed by atoms with Gasteiger partial charge >= 0.3 is 0 Å². The molecule has 0 rings (SSSR count). The van der Waals surface area contributed by atoms with Gasteiger partial charge in [-0.1, -0.05) is 29.8 Å². The Morgan fingerprint density at radius 3 is 2.27 bits per heavy atom. The van der Waals surface area contributed by atoms with E-state index in [4.69, 9.17) is 4.43 Å². The van der Waals surface area contributed by atoms with Crippen molar-refractivity contribution in [1.82, 2.24) is 0 Å². The summed E-state index contributed by atoms with van der Waals surface area (Å²) in [5, 5.41) is 0.960. The molecule has 0 spiro atoms. The molecule has 11 heavy (non-hydrogen) atoms. The third-order valence-electron chi connectivity index (χ3n) is 1.47. The lowest BCUT2D eigenvalue weighted by Crippen LogP contribution is -2.32. The SMILES string of the molecule is CC(C)C[Si](C)(C)OCCBr. The molecule has 0 saturated carbocycles. The molecule has 0 N–H and O–H groups in total. The van der Waals surface area contributed by atoms with Gasteiger partial charge in [-0.15, -0.1) is 0 Å². The van der Waals surface area contributed by atoms with Crippen molar-refractivity contribution in [1.29, 1.82) is 0 Å². The molecule has 0 fully saturated rings. The number of hydrogen-bond acceptors (Lipinski definition) is 1. The summed E-state index contributed by atoms with van der Waals surface area (Å²) in [6, 6.07) is 1.26. The number of rotatable bonds is 5. The minimum absolute atomic E-state index is 0.770. The van der Waals surface area contributed by atoms with Crippen molar-refractivity contribution < 1.29 is 4.43 Å². The van der Waals surface area contributed by atoms with Gasteiger partial charge in [-0.25, -0.2) is 0 Å². The average Bonchev–Trinajstić information content (AvgIpc) is 1.81. The highest BCUT2D eigenvalue weighted by molar-refractivity contribution is 9.09. The molecule has 0 aromatic rings. The highest BCUT2D eigenvalue weighted by Gasteiger charge is 2.22. The molecule has 3 heteroatoms. The van der Waals surface area contributed by atoms with Crippen molar-refractivity contribution >= 4 is 24.2 Å². The Kier molecular flexibility index (Phi) is 5.65. The molecule has 68 valence electrons. The van der Waals surface area contributed by atoms with Crippen molar-refractivity contribution in [2.75, 3.05) is 11.9 Å². The van der Waals surface area contributed by atoms with E-state index < -0.39 is 8.32 Å². The minimum atomic E-state index is -1.32. The zero-order valence-corrected chi connectivity index (χ0v) is 10.6. The van der Waals surface area contributed by atoms with Gasteiger partial charge in [-0.3, -0.25) is 0 Å². The molecule has 0 heterocycles. The van der Waals surface area contributed by atoms with Crippen LogP contribution in [-0.4, -0.2) is 20.3 Å². The van der Waals surface area contributed by atoms with Gasteiger partial charge < -0.3 is 4.43 Å². The topological polar surface area (TPSA) is 9.23 Å². The van der Waals surface area contributed by atoms with E-state index in [-0.39, 0.29) is 0 Å². The van der Waals surface area contributed by atoms with E-state index in [0.717, 1.165) is 17.9 Å². The van der Waals surface area contributed by atoms with Gasteiger partial charge in [0.05, 0.1) is 0 Å². The Labute approximate surface area is 79.8 Å². The first kappa shape index (κ1) is 11.7. The highest BCUT2D eigenvalue weighted by atomic mass is 79.9. The Morgan fingerprint density at radius 1 is 1.36 bits per heavy atom. The summed E-state index contributed by atoms with van der Waals surface area (Å²) < 4.78 is 5.78. The van der Waals surface area contributed by atoms with Crippen molar-refractivity contribution in [3.63, 3.8) is 0 Å². The molecule has 1 nitrogen and oxygen atoms in total. The molecule has 0 atom stereocenters. The van der Waals surface area contributed by atoms with E-state index in [0.29, 0.717) is 0 Å². The van der Waals surface area contributed by atoms with Crippen LogP contribution in [0.5, 0.6) is 0 Å². The van der Waals surface area contributed by atoms with Crippen LogP contribution in [0, 0.1) is 5.92 Å². The Hall–Kier alpha value is 0.657. The first-order chi connectivity index (χ1) is 4.98. The van der Waals surface area contributed by atoms with Crippen LogP contribution in [0.4, 0.5) is 0 Å². The summed E-state index contributed by atoms with van der Waals surface area (Å²) in [5.41, 5.74) is 0. The molecule has 0 aliphatic carbocycles. The molecule has 0 radical (unpaired) electrons. The van der Waals surface area contributed by atoms with Gasteiger partial charge in [0, 0.05) is 11.9 Å². The third kappa shape index (κ3) is 7.03. The van der Waals surface area contributed by atoms with Crippen molar-refractivity contribution in [3.8, 4) is 0 Å². The molecule has 0 amide bonds. The van der Waals surface area contributed by atoms with Crippen LogP contribution >= 0.6 is 15.9 Å². The van der Waals surface area contributed by atoms with Gasteiger partial charge in [0.25, 0.3) is 0 Å². The zero-order chi connectivity index (χ0) is 8.91. The second kappa shape index (κ2) is 5.33. The Bertz CT molecular complexity index is 104. The Morgan fingerprint density at radius 2 is 1.91 bits per heavy atom. The van der Waals surface area contributed by atoms with Gasteiger partial charge in [-0.05, 0) is 25.1 Å². The summed E-state index contributed by atoms with van der Waals surface area (Å²) in [7, 11) is -1.32. The maximum atomic E-state index is 5.78. The van der Waals surface area contributed by atoms with Crippen LogP contribution < -0.4 is 0 Å². The molecule has 0 unspecified atom stereocenters. The van der Waals surface area contributed by atoms with Crippen LogP contribution in [0.2, 0.25) is 19.1 Å². The first-order valence-corrected chi connectivity index (χ1v) is 8.41. The molecular formula is C8H19BrOSi. The van der Waals surface area contributed by atoms with Crippen molar-refractivity contribution in [3.05, 3.63) is 0 Å². The fraction of sp³-hybridized carbons (Fsp3) is 1.00. The third-order valence-corrected chi connectivity index (χ3v) is 4.58. The van der Waals surface area contributed by atoms with Crippen molar-refractivity contribution in [2.45, 2.75) is 33.0 Å².